The first kappa shape index (κ1) is 21.4. The van der Waals surface area contributed by atoms with Gasteiger partial charge in [0.2, 0.25) is 11.8 Å². The van der Waals surface area contributed by atoms with E-state index in [1.54, 1.807) is 36.4 Å². The van der Waals surface area contributed by atoms with Crippen LogP contribution >= 0.6 is 11.8 Å². The van der Waals surface area contributed by atoms with Gasteiger partial charge in [0, 0.05) is 13.5 Å². The molecule has 0 aliphatic carbocycles. The smallest absolute Gasteiger partial charge is 0.337 e. The molecular formula is C21H20N2O6S. The minimum atomic E-state index is -1.16. The monoisotopic (exact) mass is 428 g/mol. The van der Waals surface area contributed by atoms with Crippen LogP contribution in [0.1, 0.15) is 23.7 Å². The Kier molecular flexibility index (Phi) is 6.41. The van der Waals surface area contributed by atoms with E-state index in [1.807, 2.05) is 6.92 Å². The lowest BCUT2D eigenvalue weighted by Gasteiger charge is -2.20. The second kappa shape index (κ2) is 9.00. The standard InChI is InChI=1S/C21H20N2O6S/c1-3-29-14-10-8-13(9-11-14)23-19(25)17(30-21(23)28)12-18(24)22(2)16-7-5-4-6-15(16)20(26)27/h4-11,17H,3,12H2,1-2H3,(H,26,27). The van der Waals surface area contributed by atoms with Crippen molar-refractivity contribution in [2.75, 3.05) is 23.5 Å². The van der Waals surface area contributed by atoms with Crippen molar-refractivity contribution in [2.24, 2.45) is 0 Å². The topological polar surface area (TPSA) is 104 Å². The lowest BCUT2D eigenvalue weighted by molar-refractivity contribution is -0.122. The van der Waals surface area contributed by atoms with Crippen LogP contribution in [-0.2, 0) is 9.59 Å². The van der Waals surface area contributed by atoms with E-state index in [0.29, 0.717) is 18.0 Å². The predicted molar refractivity (Wildman–Crippen MR) is 113 cm³/mol. The molecule has 0 radical (unpaired) electrons. The second-order valence-electron chi connectivity index (χ2n) is 6.45. The Hall–Kier alpha value is -3.33. The number of amides is 3. The van der Waals surface area contributed by atoms with Crippen molar-refractivity contribution >= 4 is 46.2 Å². The van der Waals surface area contributed by atoms with Crippen LogP contribution in [0.2, 0.25) is 0 Å². The lowest BCUT2D eigenvalue weighted by atomic mass is 10.1. The molecule has 8 nitrogen and oxygen atoms in total. The average molecular weight is 428 g/mol. The number of ether oxygens (including phenoxy) is 1. The number of thioether (sulfide) groups is 1. The Morgan fingerprint density at radius 3 is 2.43 bits per heavy atom. The van der Waals surface area contributed by atoms with Crippen LogP contribution in [0.3, 0.4) is 0 Å². The highest BCUT2D eigenvalue weighted by molar-refractivity contribution is 8.15. The highest BCUT2D eigenvalue weighted by Gasteiger charge is 2.42. The number of hydrogen-bond acceptors (Lipinski definition) is 6. The van der Waals surface area contributed by atoms with Crippen molar-refractivity contribution in [3.05, 3.63) is 54.1 Å². The van der Waals surface area contributed by atoms with Gasteiger partial charge in [0.05, 0.1) is 23.5 Å². The number of rotatable bonds is 7. The van der Waals surface area contributed by atoms with Gasteiger partial charge in [-0.1, -0.05) is 12.1 Å². The minimum absolute atomic E-state index is 0.0224. The van der Waals surface area contributed by atoms with Crippen LogP contribution in [0.5, 0.6) is 5.75 Å². The summed E-state index contributed by atoms with van der Waals surface area (Å²) in [6.45, 7) is 2.35. The quantitative estimate of drug-likeness (QED) is 0.721. The molecule has 1 aliphatic heterocycles. The van der Waals surface area contributed by atoms with E-state index in [-0.39, 0.29) is 17.7 Å². The maximum atomic E-state index is 12.8. The van der Waals surface area contributed by atoms with Crippen molar-refractivity contribution < 1.29 is 29.0 Å². The van der Waals surface area contributed by atoms with Crippen LogP contribution in [0.15, 0.2) is 48.5 Å². The van der Waals surface area contributed by atoms with Crippen LogP contribution < -0.4 is 14.5 Å². The van der Waals surface area contributed by atoms with Crippen molar-refractivity contribution in [3.8, 4) is 5.75 Å². The molecule has 1 saturated heterocycles. The molecule has 1 N–H and O–H groups in total. The van der Waals surface area contributed by atoms with E-state index in [0.717, 1.165) is 16.7 Å². The number of carboxylic acid groups (broad SMARTS) is 1. The SMILES string of the molecule is CCOc1ccc(N2C(=O)SC(CC(=O)N(C)c3ccccc3C(=O)O)C2=O)cc1. The van der Waals surface area contributed by atoms with Crippen molar-refractivity contribution in [3.63, 3.8) is 0 Å². The zero-order valence-electron chi connectivity index (χ0n) is 16.4. The molecule has 3 rings (SSSR count). The molecule has 1 unspecified atom stereocenters. The van der Waals surface area contributed by atoms with Crippen molar-refractivity contribution in [1.29, 1.82) is 0 Å². The highest BCUT2D eigenvalue weighted by Crippen LogP contribution is 2.34. The van der Waals surface area contributed by atoms with Crippen molar-refractivity contribution in [1.82, 2.24) is 0 Å². The largest absolute Gasteiger partial charge is 0.494 e. The second-order valence-corrected chi connectivity index (χ2v) is 7.61. The summed E-state index contributed by atoms with van der Waals surface area (Å²) in [5.74, 6) is -1.48. The minimum Gasteiger partial charge on any atom is -0.494 e. The van der Waals surface area contributed by atoms with Gasteiger partial charge < -0.3 is 14.7 Å². The van der Waals surface area contributed by atoms with Gasteiger partial charge in [0.15, 0.2) is 0 Å². The molecule has 9 heteroatoms. The average Bonchev–Trinajstić information content (AvgIpc) is 3.01. The van der Waals surface area contributed by atoms with Gasteiger partial charge in [0.1, 0.15) is 11.0 Å². The summed E-state index contributed by atoms with van der Waals surface area (Å²) in [6.07, 6.45) is -0.229. The maximum Gasteiger partial charge on any atom is 0.337 e. The third kappa shape index (κ3) is 4.30. The van der Waals surface area contributed by atoms with Crippen LogP contribution in [0, 0.1) is 0 Å². The number of carboxylic acids is 1. The lowest BCUT2D eigenvalue weighted by Crippen LogP contribution is -2.35. The molecule has 1 atom stereocenters. The van der Waals surface area contributed by atoms with E-state index in [9.17, 15) is 24.3 Å². The van der Waals surface area contributed by atoms with Gasteiger partial charge in [-0.2, -0.15) is 0 Å². The Labute approximate surface area is 177 Å². The van der Waals surface area contributed by atoms with Gasteiger partial charge in [0.25, 0.3) is 5.24 Å². The molecule has 1 aliphatic rings. The Morgan fingerprint density at radius 1 is 1.13 bits per heavy atom. The number of hydrogen-bond donors (Lipinski definition) is 1. The molecule has 0 bridgehead atoms. The zero-order chi connectivity index (χ0) is 21.8. The van der Waals surface area contributed by atoms with Crippen LogP contribution in [0.4, 0.5) is 16.2 Å². The first-order chi connectivity index (χ1) is 14.3. The maximum absolute atomic E-state index is 12.8. The fraction of sp³-hybridized carbons (Fsp3) is 0.238. The fourth-order valence-corrected chi connectivity index (χ4v) is 4.03. The Morgan fingerprint density at radius 2 is 1.80 bits per heavy atom. The van der Waals surface area contributed by atoms with Gasteiger partial charge in [-0.05, 0) is 55.1 Å². The molecule has 2 aromatic rings. The summed E-state index contributed by atoms with van der Waals surface area (Å²) in [5.41, 5.74) is 0.603. The summed E-state index contributed by atoms with van der Waals surface area (Å²) in [5, 5.41) is 7.97. The van der Waals surface area contributed by atoms with E-state index in [2.05, 4.69) is 0 Å². The summed E-state index contributed by atoms with van der Waals surface area (Å²) in [6, 6.07) is 12.7. The van der Waals surface area contributed by atoms with E-state index in [1.165, 1.54) is 24.1 Å². The van der Waals surface area contributed by atoms with Crippen molar-refractivity contribution in [2.45, 2.75) is 18.6 Å². The number of anilines is 2. The molecule has 0 spiro atoms. The highest BCUT2D eigenvalue weighted by atomic mass is 32.2. The fourth-order valence-electron chi connectivity index (χ4n) is 3.06. The number of para-hydroxylation sites is 1. The van der Waals surface area contributed by atoms with E-state index in [4.69, 9.17) is 4.74 Å². The molecule has 30 heavy (non-hydrogen) atoms. The number of imide groups is 1. The van der Waals surface area contributed by atoms with Gasteiger partial charge in [-0.25, -0.2) is 9.69 Å². The molecule has 156 valence electrons. The first-order valence-electron chi connectivity index (χ1n) is 9.19. The van der Waals surface area contributed by atoms with Gasteiger partial charge in [-0.3, -0.25) is 14.4 Å². The number of carbonyl (C=O) groups excluding carboxylic acids is 3. The molecule has 2 aromatic carbocycles. The summed E-state index contributed by atoms with van der Waals surface area (Å²) in [4.78, 5) is 51.5. The van der Waals surface area contributed by atoms with Gasteiger partial charge >= 0.3 is 5.97 Å². The summed E-state index contributed by atoms with van der Waals surface area (Å²) in [7, 11) is 1.44. The number of carbonyl (C=O) groups is 4. The summed E-state index contributed by atoms with van der Waals surface area (Å²) < 4.78 is 5.36. The number of benzene rings is 2. The Balaban J connectivity index is 1.73. The van der Waals surface area contributed by atoms with Crippen LogP contribution in [0.25, 0.3) is 0 Å². The molecule has 1 heterocycles. The van der Waals surface area contributed by atoms with E-state index < -0.39 is 28.3 Å². The Bertz CT molecular complexity index is 991. The molecule has 0 aromatic heterocycles. The third-order valence-electron chi connectivity index (χ3n) is 4.56. The first-order valence-corrected chi connectivity index (χ1v) is 10.1. The van der Waals surface area contributed by atoms with Crippen LogP contribution in [-0.4, -0.2) is 47.0 Å². The summed E-state index contributed by atoms with van der Waals surface area (Å²) >= 11 is 0.785. The number of nitrogens with zero attached hydrogens (tertiary/aromatic N) is 2. The van der Waals surface area contributed by atoms with E-state index >= 15 is 0 Å². The number of aromatic carboxylic acids is 1. The predicted octanol–water partition coefficient (Wildman–Crippen LogP) is 3.41. The molecule has 3 amide bonds. The normalized spacial score (nSPS) is 15.9. The molecular weight excluding hydrogens is 408 g/mol. The van der Waals surface area contributed by atoms with Gasteiger partial charge in [-0.15, -0.1) is 0 Å². The molecule has 1 fully saturated rings. The molecule has 0 saturated carbocycles. The third-order valence-corrected chi connectivity index (χ3v) is 5.59. The zero-order valence-corrected chi connectivity index (χ0v) is 17.2.